The van der Waals surface area contributed by atoms with Gasteiger partial charge in [0.05, 0.1) is 0 Å². The van der Waals surface area contributed by atoms with Crippen molar-refractivity contribution < 1.29 is 4.74 Å². The number of ether oxygens (including phenoxy) is 1. The second kappa shape index (κ2) is 9.95. The maximum Gasteiger partial charge on any atom is 0.0474 e. The van der Waals surface area contributed by atoms with Crippen LogP contribution < -0.4 is 5.32 Å². The normalized spacial score (nSPS) is 17.0. The van der Waals surface area contributed by atoms with Crippen LogP contribution in [0.25, 0.3) is 0 Å². The van der Waals surface area contributed by atoms with Crippen molar-refractivity contribution in [3.8, 4) is 0 Å². The molecule has 1 saturated heterocycles. The number of piperazine rings is 1. The number of hydrogen-bond acceptors (Lipinski definition) is 4. The van der Waals surface area contributed by atoms with E-state index in [9.17, 15) is 0 Å². The fourth-order valence-electron chi connectivity index (χ4n) is 2.86. The molecular formula is C18H31N3O. The molecule has 0 radical (unpaired) electrons. The summed E-state index contributed by atoms with van der Waals surface area (Å²) in [6.45, 7) is 12.1. The van der Waals surface area contributed by atoms with Crippen molar-refractivity contribution in [2.75, 3.05) is 53.0 Å². The van der Waals surface area contributed by atoms with Crippen LogP contribution in [0, 0.1) is 0 Å². The average Bonchev–Trinajstić information content (AvgIpc) is 2.57. The second-order valence-electron chi connectivity index (χ2n) is 6.05. The minimum atomic E-state index is 0.831. The molecule has 22 heavy (non-hydrogen) atoms. The molecule has 1 aromatic carbocycles. The number of likely N-dealkylation sites (N-methyl/N-ethyl adjacent to an activating group) is 1. The average molecular weight is 305 g/mol. The molecule has 0 unspecified atom stereocenters. The third kappa shape index (κ3) is 6.05. The van der Waals surface area contributed by atoms with E-state index < -0.39 is 0 Å². The Kier molecular flexibility index (Phi) is 7.88. The Balaban J connectivity index is 1.68. The Bertz CT molecular complexity index is 399. The molecule has 124 valence electrons. The van der Waals surface area contributed by atoms with Crippen LogP contribution in [0.1, 0.15) is 24.5 Å². The van der Waals surface area contributed by atoms with Crippen molar-refractivity contribution in [1.29, 1.82) is 0 Å². The summed E-state index contributed by atoms with van der Waals surface area (Å²) in [6, 6.07) is 9.05. The van der Waals surface area contributed by atoms with Gasteiger partial charge in [0.25, 0.3) is 0 Å². The standard InChI is InChI=1S/C18H31N3O/c1-3-20-10-12-21(13-11-20)16-18-7-5-17(6-8-18)15-19-9-4-14-22-2/h5-8,19H,3-4,9-16H2,1-2H3. The summed E-state index contributed by atoms with van der Waals surface area (Å²) in [5.74, 6) is 0. The number of methoxy groups -OCH3 is 1. The molecule has 1 aromatic rings. The molecule has 1 N–H and O–H groups in total. The van der Waals surface area contributed by atoms with Gasteiger partial charge >= 0.3 is 0 Å². The first-order valence-corrected chi connectivity index (χ1v) is 8.54. The SMILES string of the molecule is CCN1CCN(Cc2ccc(CNCCCOC)cc2)CC1. The van der Waals surface area contributed by atoms with E-state index in [1.807, 2.05) is 0 Å². The summed E-state index contributed by atoms with van der Waals surface area (Å²) in [5.41, 5.74) is 2.78. The van der Waals surface area contributed by atoms with Crippen LogP contribution in [0.3, 0.4) is 0 Å². The molecule has 1 aliphatic heterocycles. The summed E-state index contributed by atoms with van der Waals surface area (Å²) >= 11 is 0. The Morgan fingerprint density at radius 1 is 1.00 bits per heavy atom. The van der Waals surface area contributed by atoms with E-state index >= 15 is 0 Å². The second-order valence-corrected chi connectivity index (χ2v) is 6.05. The molecule has 4 heteroatoms. The third-order valence-corrected chi connectivity index (χ3v) is 4.37. The van der Waals surface area contributed by atoms with Gasteiger partial charge in [0, 0.05) is 53.0 Å². The minimum Gasteiger partial charge on any atom is -0.385 e. The predicted molar refractivity (Wildman–Crippen MR) is 92.0 cm³/mol. The fourth-order valence-corrected chi connectivity index (χ4v) is 2.86. The lowest BCUT2D eigenvalue weighted by Crippen LogP contribution is -2.45. The highest BCUT2D eigenvalue weighted by atomic mass is 16.5. The Hall–Kier alpha value is -0.940. The van der Waals surface area contributed by atoms with Crippen LogP contribution in [-0.4, -0.2) is 62.8 Å². The van der Waals surface area contributed by atoms with Gasteiger partial charge in [-0.1, -0.05) is 31.2 Å². The molecule has 0 aromatic heterocycles. The molecule has 0 aliphatic carbocycles. The lowest BCUT2D eigenvalue weighted by Gasteiger charge is -2.34. The van der Waals surface area contributed by atoms with Crippen LogP contribution in [0.4, 0.5) is 0 Å². The number of hydrogen-bond donors (Lipinski definition) is 1. The lowest BCUT2D eigenvalue weighted by molar-refractivity contribution is 0.132. The van der Waals surface area contributed by atoms with Gasteiger partial charge in [-0.2, -0.15) is 0 Å². The first kappa shape index (κ1) is 17.4. The molecule has 2 rings (SSSR count). The third-order valence-electron chi connectivity index (χ3n) is 4.37. The zero-order chi connectivity index (χ0) is 15.6. The molecule has 1 heterocycles. The first-order valence-electron chi connectivity index (χ1n) is 8.54. The van der Waals surface area contributed by atoms with E-state index in [1.165, 1.54) is 43.9 Å². The number of benzene rings is 1. The summed E-state index contributed by atoms with van der Waals surface area (Å²) in [5, 5.41) is 3.45. The van der Waals surface area contributed by atoms with E-state index in [1.54, 1.807) is 7.11 Å². The summed E-state index contributed by atoms with van der Waals surface area (Å²) < 4.78 is 5.05. The van der Waals surface area contributed by atoms with Crippen molar-refractivity contribution >= 4 is 0 Å². The maximum absolute atomic E-state index is 5.05. The Labute approximate surface area is 135 Å². The molecule has 0 atom stereocenters. The van der Waals surface area contributed by atoms with Gasteiger partial charge in [0.1, 0.15) is 0 Å². The fraction of sp³-hybridized carbons (Fsp3) is 0.667. The van der Waals surface area contributed by atoms with Gasteiger partial charge in [-0.15, -0.1) is 0 Å². The van der Waals surface area contributed by atoms with Gasteiger partial charge < -0.3 is 15.0 Å². The molecule has 4 nitrogen and oxygen atoms in total. The summed E-state index contributed by atoms with van der Waals surface area (Å²) in [6.07, 6.45) is 1.07. The van der Waals surface area contributed by atoms with Gasteiger partial charge in [-0.3, -0.25) is 4.90 Å². The molecule has 1 aliphatic rings. The molecule has 0 saturated carbocycles. The van der Waals surface area contributed by atoms with Gasteiger partial charge in [0.2, 0.25) is 0 Å². The van der Waals surface area contributed by atoms with E-state index in [0.29, 0.717) is 0 Å². The zero-order valence-corrected chi connectivity index (χ0v) is 14.2. The number of nitrogens with zero attached hydrogens (tertiary/aromatic N) is 2. The van der Waals surface area contributed by atoms with Crippen LogP contribution in [-0.2, 0) is 17.8 Å². The molecule has 1 fully saturated rings. The smallest absolute Gasteiger partial charge is 0.0474 e. The molecular weight excluding hydrogens is 274 g/mol. The quantitative estimate of drug-likeness (QED) is 0.706. The first-order chi connectivity index (χ1) is 10.8. The van der Waals surface area contributed by atoms with Crippen molar-refractivity contribution in [3.63, 3.8) is 0 Å². The van der Waals surface area contributed by atoms with E-state index in [4.69, 9.17) is 4.74 Å². The zero-order valence-electron chi connectivity index (χ0n) is 14.2. The van der Waals surface area contributed by atoms with Crippen molar-refractivity contribution in [3.05, 3.63) is 35.4 Å². The van der Waals surface area contributed by atoms with Gasteiger partial charge in [0.15, 0.2) is 0 Å². The van der Waals surface area contributed by atoms with Crippen LogP contribution in [0.5, 0.6) is 0 Å². The van der Waals surface area contributed by atoms with Crippen LogP contribution in [0.2, 0.25) is 0 Å². The van der Waals surface area contributed by atoms with Crippen molar-refractivity contribution in [1.82, 2.24) is 15.1 Å². The van der Waals surface area contributed by atoms with Gasteiger partial charge in [-0.25, -0.2) is 0 Å². The maximum atomic E-state index is 5.05. The summed E-state index contributed by atoms with van der Waals surface area (Å²) in [4.78, 5) is 5.08. The molecule has 0 bridgehead atoms. The van der Waals surface area contributed by atoms with E-state index in [-0.39, 0.29) is 0 Å². The number of rotatable bonds is 9. The van der Waals surface area contributed by atoms with Crippen molar-refractivity contribution in [2.24, 2.45) is 0 Å². The lowest BCUT2D eigenvalue weighted by atomic mass is 10.1. The largest absolute Gasteiger partial charge is 0.385 e. The molecule has 0 amide bonds. The van der Waals surface area contributed by atoms with Crippen molar-refractivity contribution in [2.45, 2.75) is 26.4 Å². The Morgan fingerprint density at radius 3 is 2.27 bits per heavy atom. The van der Waals surface area contributed by atoms with Crippen LogP contribution >= 0.6 is 0 Å². The highest BCUT2D eigenvalue weighted by Crippen LogP contribution is 2.10. The number of nitrogens with one attached hydrogen (secondary N) is 1. The minimum absolute atomic E-state index is 0.831. The summed E-state index contributed by atoms with van der Waals surface area (Å²) in [7, 11) is 1.75. The van der Waals surface area contributed by atoms with Crippen LogP contribution in [0.15, 0.2) is 24.3 Å². The highest BCUT2D eigenvalue weighted by Gasteiger charge is 2.15. The molecule has 0 spiro atoms. The van der Waals surface area contributed by atoms with Gasteiger partial charge in [-0.05, 0) is 30.6 Å². The monoisotopic (exact) mass is 305 g/mol. The van der Waals surface area contributed by atoms with E-state index in [2.05, 4.69) is 46.3 Å². The predicted octanol–water partition coefficient (Wildman–Crippen LogP) is 1.95. The van der Waals surface area contributed by atoms with E-state index in [0.717, 1.165) is 32.7 Å². The highest BCUT2D eigenvalue weighted by molar-refractivity contribution is 5.22. The topological polar surface area (TPSA) is 27.7 Å². The Morgan fingerprint density at radius 2 is 1.64 bits per heavy atom.